The standard InChI is InChI=1S/C26H26F3N5O/c1-16(2)22-31-13-17(14-32-22)24(35)33-21-19(18-5-3-4-6-20(18)27)7-11-30-23(21)34-12-10-25(8-9-25)26(28,29)15-34/h3-7,11,13-14,16H,8-10,12,15H2,1-2H3,(H,33,35). The van der Waals surface area contributed by atoms with Gasteiger partial charge >= 0.3 is 0 Å². The summed E-state index contributed by atoms with van der Waals surface area (Å²) in [4.78, 5) is 27.5. The Balaban J connectivity index is 1.54. The van der Waals surface area contributed by atoms with E-state index < -0.39 is 29.6 Å². The molecule has 1 aromatic carbocycles. The minimum atomic E-state index is -2.87. The van der Waals surface area contributed by atoms with E-state index in [1.165, 1.54) is 29.6 Å². The van der Waals surface area contributed by atoms with Crippen LogP contribution < -0.4 is 10.2 Å². The molecule has 3 heterocycles. The van der Waals surface area contributed by atoms with Crippen LogP contribution in [0.3, 0.4) is 0 Å². The SMILES string of the molecule is CC(C)c1ncc(C(=O)Nc2c(-c3ccccc3F)ccnc2N2CCC3(CC3)C(F)(F)C2)cn1. The predicted molar refractivity (Wildman–Crippen MR) is 127 cm³/mol. The number of rotatable bonds is 5. The molecule has 182 valence electrons. The summed E-state index contributed by atoms with van der Waals surface area (Å²) in [5.74, 6) is -3.02. The van der Waals surface area contributed by atoms with Crippen molar-refractivity contribution < 1.29 is 18.0 Å². The number of halogens is 3. The van der Waals surface area contributed by atoms with E-state index in [9.17, 15) is 18.0 Å². The zero-order chi connectivity index (χ0) is 24.8. The molecule has 0 radical (unpaired) electrons. The van der Waals surface area contributed by atoms with Gasteiger partial charge in [0.25, 0.3) is 11.8 Å². The van der Waals surface area contributed by atoms with Gasteiger partial charge in [-0.1, -0.05) is 32.0 Å². The molecular formula is C26H26F3N5O. The summed E-state index contributed by atoms with van der Waals surface area (Å²) in [5, 5.41) is 2.80. The molecule has 1 aliphatic carbocycles. The molecule has 6 nitrogen and oxygen atoms in total. The highest BCUT2D eigenvalue weighted by Crippen LogP contribution is 2.61. The third kappa shape index (κ3) is 4.24. The highest BCUT2D eigenvalue weighted by Gasteiger charge is 2.64. The van der Waals surface area contributed by atoms with Crippen LogP contribution in [0.25, 0.3) is 11.1 Å². The maximum Gasteiger partial charge on any atom is 0.270 e. The Hall–Kier alpha value is -3.49. The first-order valence-corrected chi connectivity index (χ1v) is 11.7. The fourth-order valence-corrected chi connectivity index (χ4v) is 4.62. The van der Waals surface area contributed by atoms with Gasteiger partial charge in [0.15, 0.2) is 5.82 Å². The molecule has 2 fully saturated rings. The van der Waals surface area contributed by atoms with Gasteiger partial charge in [-0.3, -0.25) is 4.79 Å². The molecule has 9 heteroatoms. The summed E-state index contributed by atoms with van der Waals surface area (Å²) in [6.45, 7) is 3.75. The number of benzene rings is 1. The molecule has 35 heavy (non-hydrogen) atoms. The van der Waals surface area contributed by atoms with Crippen LogP contribution in [0.1, 0.15) is 55.2 Å². The number of amides is 1. The largest absolute Gasteiger partial charge is 0.349 e. The van der Waals surface area contributed by atoms with E-state index in [1.807, 2.05) is 13.8 Å². The Morgan fingerprint density at radius 2 is 1.74 bits per heavy atom. The Kier molecular flexibility index (Phi) is 5.73. The van der Waals surface area contributed by atoms with Gasteiger partial charge < -0.3 is 10.2 Å². The number of pyridine rings is 1. The second kappa shape index (κ2) is 8.62. The lowest BCUT2D eigenvalue weighted by Gasteiger charge is -2.40. The van der Waals surface area contributed by atoms with Crippen LogP contribution in [0.4, 0.5) is 24.7 Å². The van der Waals surface area contributed by atoms with Crippen LogP contribution in [-0.2, 0) is 0 Å². The minimum Gasteiger partial charge on any atom is -0.349 e. The topological polar surface area (TPSA) is 71.0 Å². The highest BCUT2D eigenvalue weighted by atomic mass is 19.3. The van der Waals surface area contributed by atoms with E-state index in [1.54, 1.807) is 24.3 Å². The molecule has 0 unspecified atom stereocenters. The lowest BCUT2D eigenvalue weighted by molar-refractivity contribution is -0.0795. The highest BCUT2D eigenvalue weighted by molar-refractivity contribution is 6.08. The monoisotopic (exact) mass is 481 g/mol. The van der Waals surface area contributed by atoms with Gasteiger partial charge in [-0.2, -0.15) is 0 Å². The van der Waals surface area contributed by atoms with Crippen molar-refractivity contribution in [3.63, 3.8) is 0 Å². The number of nitrogens with one attached hydrogen (secondary N) is 1. The van der Waals surface area contributed by atoms with Gasteiger partial charge in [0.05, 0.1) is 17.8 Å². The molecule has 1 spiro atoms. The maximum absolute atomic E-state index is 15.0. The molecule has 1 saturated heterocycles. The third-order valence-electron chi connectivity index (χ3n) is 6.96. The van der Waals surface area contributed by atoms with Gasteiger partial charge in [0, 0.05) is 47.6 Å². The van der Waals surface area contributed by atoms with Crippen LogP contribution in [0.5, 0.6) is 0 Å². The van der Waals surface area contributed by atoms with Crippen LogP contribution in [0, 0.1) is 11.2 Å². The van der Waals surface area contributed by atoms with E-state index >= 15 is 0 Å². The molecule has 0 atom stereocenters. The van der Waals surface area contributed by atoms with Crippen molar-refractivity contribution in [2.75, 3.05) is 23.3 Å². The molecular weight excluding hydrogens is 455 g/mol. The number of nitrogens with zero attached hydrogens (tertiary/aromatic N) is 4. The summed E-state index contributed by atoms with van der Waals surface area (Å²) < 4.78 is 44.7. The zero-order valence-electron chi connectivity index (χ0n) is 19.6. The van der Waals surface area contributed by atoms with Crippen molar-refractivity contribution in [3.8, 4) is 11.1 Å². The summed E-state index contributed by atoms with van der Waals surface area (Å²) in [5.41, 5.74) is 0.0464. The van der Waals surface area contributed by atoms with Gasteiger partial charge in [0.1, 0.15) is 11.6 Å². The molecule has 1 aliphatic heterocycles. The van der Waals surface area contributed by atoms with E-state index in [4.69, 9.17) is 0 Å². The first-order valence-electron chi connectivity index (χ1n) is 11.7. The second-order valence-electron chi connectivity index (χ2n) is 9.63. The van der Waals surface area contributed by atoms with Crippen molar-refractivity contribution in [1.82, 2.24) is 15.0 Å². The van der Waals surface area contributed by atoms with Crippen molar-refractivity contribution in [1.29, 1.82) is 0 Å². The van der Waals surface area contributed by atoms with Gasteiger partial charge in [-0.15, -0.1) is 0 Å². The number of piperidine rings is 1. The van der Waals surface area contributed by atoms with E-state index in [0.29, 0.717) is 37.2 Å². The third-order valence-corrected chi connectivity index (χ3v) is 6.96. The molecule has 2 aromatic heterocycles. The molecule has 3 aromatic rings. The predicted octanol–water partition coefficient (Wildman–Crippen LogP) is 5.68. The maximum atomic E-state index is 15.0. The van der Waals surface area contributed by atoms with Crippen LogP contribution in [-0.4, -0.2) is 39.9 Å². The fraction of sp³-hybridized carbons (Fsp3) is 0.385. The van der Waals surface area contributed by atoms with E-state index in [0.717, 1.165) is 0 Å². The Morgan fingerprint density at radius 1 is 1.03 bits per heavy atom. The Labute approximate surface area is 201 Å². The first kappa shape index (κ1) is 23.3. The molecule has 0 bridgehead atoms. The smallest absolute Gasteiger partial charge is 0.270 e. The van der Waals surface area contributed by atoms with Crippen molar-refractivity contribution in [2.45, 2.75) is 45.0 Å². The van der Waals surface area contributed by atoms with Crippen molar-refractivity contribution in [2.24, 2.45) is 5.41 Å². The van der Waals surface area contributed by atoms with Crippen LogP contribution in [0.15, 0.2) is 48.9 Å². The van der Waals surface area contributed by atoms with Crippen molar-refractivity contribution >= 4 is 17.4 Å². The molecule has 1 saturated carbocycles. The van der Waals surface area contributed by atoms with Gasteiger partial charge in [-0.25, -0.2) is 28.1 Å². The number of carbonyl (C=O) groups excluding carboxylic acids is 1. The van der Waals surface area contributed by atoms with Gasteiger partial charge in [-0.05, 0) is 31.4 Å². The number of anilines is 2. The lowest BCUT2D eigenvalue weighted by atomic mass is 9.89. The Bertz CT molecular complexity index is 1260. The molecule has 2 aliphatic rings. The number of aromatic nitrogens is 3. The van der Waals surface area contributed by atoms with Crippen LogP contribution >= 0.6 is 0 Å². The number of hydrogen-bond donors (Lipinski definition) is 1. The summed E-state index contributed by atoms with van der Waals surface area (Å²) in [6.07, 6.45) is 5.67. The van der Waals surface area contributed by atoms with Crippen LogP contribution in [0.2, 0.25) is 0 Å². The van der Waals surface area contributed by atoms with Gasteiger partial charge in [0.2, 0.25) is 0 Å². The molecule has 1 N–H and O–H groups in total. The average Bonchev–Trinajstić information content (AvgIpc) is 3.63. The number of hydrogen-bond acceptors (Lipinski definition) is 5. The Morgan fingerprint density at radius 3 is 2.37 bits per heavy atom. The quantitative estimate of drug-likeness (QED) is 0.508. The van der Waals surface area contributed by atoms with E-state index in [-0.39, 0.29) is 28.6 Å². The molecule has 5 rings (SSSR count). The number of carbonyl (C=O) groups is 1. The van der Waals surface area contributed by atoms with Crippen molar-refractivity contribution in [3.05, 3.63) is 66.1 Å². The second-order valence-corrected chi connectivity index (χ2v) is 9.63. The molecule has 1 amide bonds. The average molecular weight is 482 g/mol. The lowest BCUT2D eigenvalue weighted by Crippen LogP contribution is -2.50. The minimum absolute atomic E-state index is 0.0974. The summed E-state index contributed by atoms with van der Waals surface area (Å²) >= 11 is 0. The zero-order valence-corrected chi connectivity index (χ0v) is 19.6. The van der Waals surface area contributed by atoms with E-state index in [2.05, 4.69) is 20.3 Å². The number of alkyl halides is 2. The summed E-state index contributed by atoms with van der Waals surface area (Å²) in [6, 6.07) is 7.70. The normalized spacial score (nSPS) is 18.1. The first-order chi connectivity index (χ1) is 16.7. The summed E-state index contributed by atoms with van der Waals surface area (Å²) in [7, 11) is 0. The fourth-order valence-electron chi connectivity index (χ4n) is 4.62.